The molecule has 0 saturated carbocycles. The molecule has 0 unspecified atom stereocenters. The molecule has 11 nitrogen and oxygen atoms in total. The van der Waals surface area contributed by atoms with E-state index >= 15 is 0 Å². The number of rotatable bonds is 7. The summed E-state index contributed by atoms with van der Waals surface area (Å²) in [6.07, 6.45) is -3.36. The number of amides is 3. The van der Waals surface area contributed by atoms with Gasteiger partial charge in [-0.15, -0.1) is 0 Å². The van der Waals surface area contributed by atoms with E-state index in [4.69, 9.17) is 10.5 Å². The standard InChI is InChI=1S/C27H26F4N8O3/c1-42-13-18-21(11-38-9-8-33-22(40)12-38)39-24(25(32)34-14-35-39)23(18)15-2-5-17(6-3-15)36-26(41)37-20-10-16(27(29,30)31)4-7-19(20)28/h2-7,10,14H,8-9,11-13H2,1H3,(H,33,40)(H2,32,34,35)(H2,36,37,41). The lowest BCUT2D eigenvalue weighted by molar-refractivity contribution is -0.137. The van der Waals surface area contributed by atoms with Crippen LogP contribution in [0.3, 0.4) is 0 Å². The summed E-state index contributed by atoms with van der Waals surface area (Å²) in [5, 5.41) is 11.8. The highest BCUT2D eigenvalue weighted by molar-refractivity contribution is 6.00. The van der Waals surface area contributed by atoms with Crippen molar-refractivity contribution in [3.63, 3.8) is 0 Å². The number of piperazine rings is 1. The van der Waals surface area contributed by atoms with Gasteiger partial charge in [0.2, 0.25) is 5.91 Å². The molecule has 220 valence electrons. The monoisotopic (exact) mass is 586 g/mol. The van der Waals surface area contributed by atoms with Crippen LogP contribution in [-0.2, 0) is 28.9 Å². The second-order valence-electron chi connectivity index (χ2n) is 9.55. The van der Waals surface area contributed by atoms with Gasteiger partial charge in [-0.1, -0.05) is 12.1 Å². The lowest BCUT2D eigenvalue weighted by Gasteiger charge is -2.26. The van der Waals surface area contributed by atoms with Crippen molar-refractivity contribution >= 4 is 34.6 Å². The molecule has 1 fully saturated rings. The maximum Gasteiger partial charge on any atom is 0.416 e. The van der Waals surface area contributed by atoms with Gasteiger partial charge in [-0.05, 0) is 35.9 Å². The van der Waals surface area contributed by atoms with Crippen molar-refractivity contribution in [2.75, 3.05) is 43.1 Å². The number of fused-ring (bicyclic) bond motifs is 1. The van der Waals surface area contributed by atoms with Crippen molar-refractivity contribution in [1.29, 1.82) is 0 Å². The second-order valence-corrected chi connectivity index (χ2v) is 9.55. The maximum atomic E-state index is 14.1. The van der Waals surface area contributed by atoms with E-state index in [1.165, 1.54) is 6.33 Å². The summed E-state index contributed by atoms with van der Waals surface area (Å²) in [5.74, 6) is -0.863. The van der Waals surface area contributed by atoms with Crippen molar-refractivity contribution in [3.8, 4) is 11.1 Å². The Balaban J connectivity index is 1.43. The van der Waals surface area contributed by atoms with E-state index in [1.807, 2.05) is 4.90 Å². The zero-order valence-electron chi connectivity index (χ0n) is 22.3. The van der Waals surface area contributed by atoms with E-state index in [0.29, 0.717) is 60.2 Å². The first kappa shape index (κ1) is 28.8. The third-order valence-corrected chi connectivity index (χ3v) is 6.71. The molecule has 15 heteroatoms. The third-order valence-electron chi connectivity index (χ3n) is 6.71. The van der Waals surface area contributed by atoms with Crippen molar-refractivity contribution < 1.29 is 31.9 Å². The smallest absolute Gasteiger partial charge is 0.382 e. The summed E-state index contributed by atoms with van der Waals surface area (Å²) in [6.45, 7) is 2.00. The first-order valence-electron chi connectivity index (χ1n) is 12.7. The zero-order chi connectivity index (χ0) is 30.0. The minimum absolute atomic E-state index is 0.0762. The molecule has 0 aliphatic carbocycles. The fourth-order valence-corrected chi connectivity index (χ4v) is 4.83. The van der Waals surface area contributed by atoms with Gasteiger partial charge >= 0.3 is 12.2 Å². The molecule has 1 aliphatic rings. The van der Waals surface area contributed by atoms with E-state index in [1.54, 1.807) is 35.9 Å². The van der Waals surface area contributed by atoms with Crippen LogP contribution in [0, 0.1) is 5.82 Å². The molecule has 5 rings (SSSR count). The summed E-state index contributed by atoms with van der Waals surface area (Å²) in [4.78, 5) is 30.6. The molecule has 4 aromatic rings. The van der Waals surface area contributed by atoms with Crippen molar-refractivity contribution in [1.82, 2.24) is 24.8 Å². The van der Waals surface area contributed by atoms with Gasteiger partial charge in [-0.3, -0.25) is 9.69 Å². The molecule has 5 N–H and O–H groups in total. The summed E-state index contributed by atoms with van der Waals surface area (Å²) < 4.78 is 60.3. The van der Waals surface area contributed by atoms with Gasteiger partial charge in [0.25, 0.3) is 0 Å². The van der Waals surface area contributed by atoms with Crippen LogP contribution in [0.4, 0.5) is 39.5 Å². The third kappa shape index (κ3) is 5.96. The van der Waals surface area contributed by atoms with Crippen molar-refractivity contribution in [3.05, 3.63) is 71.4 Å². The van der Waals surface area contributed by atoms with E-state index in [0.717, 1.165) is 11.3 Å². The van der Waals surface area contributed by atoms with Crippen molar-refractivity contribution in [2.24, 2.45) is 0 Å². The molecule has 0 spiro atoms. The number of aromatic nitrogens is 3. The fraction of sp³-hybridized carbons (Fsp3) is 0.259. The topological polar surface area (TPSA) is 139 Å². The number of anilines is 3. The minimum atomic E-state index is -4.70. The average Bonchev–Trinajstić information content (AvgIpc) is 3.24. The van der Waals surface area contributed by atoms with E-state index in [2.05, 4.69) is 26.0 Å². The van der Waals surface area contributed by atoms with E-state index in [9.17, 15) is 27.2 Å². The number of halogens is 4. The van der Waals surface area contributed by atoms with Crippen LogP contribution in [0.1, 0.15) is 16.8 Å². The SMILES string of the molecule is COCc1c(-c2ccc(NC(=O)Nc3cc(C(F)(F)F)ccc3F)cc2)c2c(N)ncnn2c1CN1CCNC(=O)C1. The Hall–Kier alpha value is -4.76. The molecular formula is C27H26F4N8O3. The van der Waals surface area contributed by atoms with Gasteiger partial charge in [0, 0.05) is 43.6 Å². The summed E-state index contributed by atoms with van der Waals surface area (Å²) in [6, 6.07) is 7.38. The lowest BCUT2D eigenvalue weighted by atomic mass is 10.0. The molecular weight excluding hydrogens is 560 g/mol. The number of carbonyl (C=O) groups excluding carboxylic acids is 2. The van der Waals surface area contributed by atoms with Crippen LogP contribution >= 0.6 is 0 Å². The molecule has 0 radical (unpaired) electrons. The molecule has 1 saturated heterocycles. The summed E-state index contributed by atoms with van der Waals surface area (Å²) >= 11 is 0. The Morgan fingerprint density at radius 2 is 1.93 bits per heavy atom. The first-order valence-corrected chi connectivity index (χ1v) is 12.7. The van der Waals surface area contributed by atoms with Crippen LogP contribution in [-0.4, -0.2) is 58.2 Å². The highest BCUT2D eigenvalue weighted by Crippen LogP contribution is 2.37. The Labute approximate surface area is 236 Å². The quantitative estimate of drug-likeness (QED) is 0.241. The van der Waals surface area contributed by atoms with E-state index < -0.39 is 29.3 Å². The number of hydrogen-bond donors (Lipinski definition) is 4. The van der Waals surface area contributed by atoms with Gasteiger partial charge in [-0.25, -0.2) is 18.7 Å². The Bertz CT molecular complexity index is 1640. The summed E-state index contributed by atoms with van der Waals surface area (Å²) in [7, 11) is 1.55. The van der Waals surface area contributed by atoms with Crippen LogP contribution in [0.25, 0.3) is 16.6 Å². The predicted octanol–water partition coefficient (Wildman–Crippen LogP) is 3.86. The minimum Gasteiger partial charge on any atom is -0.382 e. The number of ether oxygens (including phenoxy) is 1. The van der Waals surface area contributed by atoms with Crippen molar-refractivity contribution in [2.45, 2.75) is 19.3 Å². The largest absolute Gasteiger partial charge is 0.416 e. The van der Waals surface area contributed by atoms with Crippen LogP contribution in [0.15, 0.2) is 48.8 Å². The van der Waals surface area contributed by atoms with Crippen LogP contribution in [0.2, 0.25) is 0 Å². The second kappa shape index (κ2) is 11.6. The molecule has 1 aliphatic heterocycles. The number of nitrogens with two attached hydrogens (primary N) is 1. The van der Waals surface area contributed by atoms with Gasteiger partial charge in [0.1, 0.15) is 17.7 Å². The Kier molecular flexibility index (Phi) is 7.95. The molecule has 2 aromatic carbocycles. The number of methoxy groups -OCH3 is 1. The number of nitrogens with one attached hydrogen (secondary N) is 3. The van der Waals surface area contributed by atoms with Crippen LogP contribution in [0.5, 0.6) is 0 Å². The number of urea groups is 1. The van der Waals surface area contributed by atoms with Gasteiger partial charge in [0.05, 0.1) is 30.1 Å². The molecule has 3 amide bonds. The first-order chi connectivity index (χ1) is 20.0. The number of nitrogen functional groups attached to an aromatic ring is 1. The fourth-order valence-electron chi connectivity index (χ4n) is 4.83. The van der Waals surface area contributed by atoms with E-state index in [-0.39, 0.29) is 24.9 Å². The number of alkyl halides is 3. The number of hydrogen-bond acceptors (Lipinski definition) is 7. The molecule has 3 heterocycles. The average molecular weight is 587 g/mol. The number of benzene rings is 2. The highest BCUT2D eigenvalue weighted by Gasteiger charge is 2.31. The van der Waals surface area contributed by atoms with Gasteiger partial charge in [-0.2, -0.15) is 18.3 Å². The van der Waals surface area contributed by atoms with Gasteiger partial charge in [0.15, 0.2) is 5.82 Å². The van der Waals surface area contributed by atoms with Crippen LogP contribution < -0.4 is 21.7 Å². The summed E-state index contributed by atoms with van der Waals surface area (Å²) in [5.41, 5.74) is 8.37. The van der Waals surface area contributed by atoms with Gasteiger partial charge < -0.3 is 26.4 Å². The normalized spacial score (nSPS) is 14.2. The maximum absolute atomic E-state index is 14.1. The molecule has 0 atom stereocenters. The molecule has 2 aromatic heterocycles. The number of nitrogens with zero attached hydrogens (tertiary/aromatic N) is 4. The zero-order valence-corrected chi connectivity index (χ0v) is 22.3. The molecule has 0 bridgehead atoms. The Morgan fingerprint density at radius 1 is 1.17 bits per heavy atom. The lowest BCUT2D eigenvalue weighted by Crippen LogP contribution is -2.47. The number of carbonyl (C=O) groups is 2. The molecule has 42 heavy (non-hydrogen) atoms. The highest BCUT2D eigenvalue weighted by atomic mass is 19.4. The predicted molar refractivity (Wildman–Crippen MR) is 146 cm³/mol. The Morgan fingerprint density at radius 3 is 2.62 bits per heavy atom.